The lowest BCUT2D eigenvalue weighted by molar-refractivity contribution is -0.124. The van der Waals surface area contributed by atoms with Crippen LogP contribution in [0, 0.1) is 5.92 Å². The molecule has 3 N–H and O–H groups in total. The minimum Gasteiger partial charge on any atom is -0.368 e. The zero-order valence-corrected chi connectivity index (χ0v) is 13.6. The van der Waals surface area contributed by atoms with Gasteiger partial charge in [0.25, 0.3) is 0 Å². The molecule has 1 aliphatic heterocycles. The van der Waals surface area contributed by atoms with E-state index in [0.29, 0.717) is 0 Å². The van der Waals surface area contributed by atoms with Gasteiger partial charge in [-0.05, 0) is 77.5 Å². The summed E-state index contributed by atoms with van der Waals surface area (Å²) in [4.78, 5) is 14.2. The number of nitrogens with one attached hydrogen (secondary N) is 1. The van der Waals surface area contributed by atoms with E-state index in [1.807, 2.05) is 6.92 Å². The Balaban J connectivity index is 2.34. The van der Waals surface area contributed by atoms with Gasteiger partial charge in [-0.15, -0.1) is 0 Å². The van der Waals surface area contributed by atoms with E-state index in [2.05, 4.69) is 24.1 Å². The van der Waals surface area contributed by atoms with Gasteiger partial charge in [0.2, 0.25) is 5.91 Å². The second-order valence-corrected chi connectivity index (χ2v) is 6.60. The number of nitrogens with zero attached hydrogens (tertiary/aromatic N) is 1. The minimum absolute atomic E-state index is 0.226. The number of hydrogen-bond donors (Lipinski definition) is 2. The average Bonchev–Trinajstić information content (AvgIpc) is 2.61. The smallest absolute Gasteiger partial charge is 0.237 e. The molecule has 1 rings (SSSR count). The summed E-state index contributed by atoms with van der Waals surface area (Å²) in [6, 6.07) is 0. The minimum atomic E-state index is -0.546. The van der Waals surface area contributed by atoms with E-state index in [1.165, 1.54) is 32.4 Å². The predicted molar refractivity (Wildman–Crippen MR) is 84.6 cm³/mol. The predicted octanol–water partition coefficient (Wildman–Crippen LogP) is 2.13. The zero-order valence-electron chi connectivity index (χ0n) is 13.6. The molecule has 2 atom stereocenters. The van der Waals surface area contributed by atoms with Gasteiger partial charge in [0, 0.05) is 0 Å². The van der Waals surface area contributed by atoms with Crippen molar-refractivity contribution in [3.05, 3.63) is 0 Å². The normalized spacial score (nSPS) is 24.1. The molecule has 1 saturated heterocycles. The summed E-state index contributed by atoms with van der Waals surface area (Å²) in [6.45, 7) is 10.7. The van der Waals surface area contributed by atoms with Crippen molar-refractivity contribution in [3.63, 3.8) is 0 Å². The standard InChI is InChI=1S/C16H33N3O/c1-4-10-18-16(3,15(17)20)9-6-12-19-11-5-7-14(2)8-13-19/h14,18H,4-13H2,1-3H3,(H2,17,20). The number of carbonyl (C=O) groups is 1. The fourth-order valence-corrected chi connectivity index (χ4v) is 2.90. The first-order valence-corrected chi connectivity index (χ1v) is 8.25. The molecule has 2 unspecified atom stereocenters. The van der Waals surface area contributed by atoms with E-state index in [9.17, 15) is 4.79 Å². The Hall–Kier alpha value is -0.610. The van der Waals surface area contributed by atoms with Crippen LogP contribution in [-0.4, -0.2) is 42.5 Å². The molecule has 118 valence electrons. The Morgan fingerprint density at radius 1 is 1.40 bits per heavy atom. The van der Waals surface area contributed by atoms with Crippen LogP contribution in [0.4, 0.5) is 0 Å². The van der Waals surface area contributed by atoms with Crippen molar-refractivity contribution in [1.82, 2.24) is 10.2 Å². The maximum Gasteiger partial charge on any atom is 0.237 e. The van der Waals surface area contributed by atoms with Crippen molar-refractivity contribution in [3.8, 4) is 0 Å². The number of hydrogen-bond acceptors (Lipinski definition) is 3. The third-order valence-corrected chi connectivity index (χ3v) is 4.57. The molecule has 4 nitrogen and oxygen atoms in total. The van der Waals surface area contributed by atoms with Gasteiger partial charge in [-0.1, -0.05) is 13.8 Å². The molecule has 0 aromatic heterocycles. The van der Waals surface area contributed by atoms with Gasteiger partial charge >= 0.3 is 0 Å². The molecule has 1 aliphatic rings. The van der Waals surface area contributed by atoms with E-state index in [4.69, 9.17) is 5.73 Å². The van der Waals surface area contributed by atoms with Crippen LogP contribution in [-0.2, 0) is 4.79 Å². The molecule has 0 saturated carbocycles. The lowest BCUT2D eigenvalue weighted by Crippen LogP contribution is -2.53. The first kappa shape index (κ1) is 17.4. The maximum absolute atomic E-state index is 11.7. The Kier molecular flexibility index (Phi) is 7.52. The number of rotatable bonds is 8. The van der Waals surface area contributed by atoms with Crippen LogP contribution < -0.4 is 11.1 Å². The quantitative estimate of drug-likeness (QED) is 0.717. The van der Waals surface area contributed by atoms with E-state index in [1.54, 1.807) is 0 Å². The van der Waals surface area contributed by atoms with Crippen LogP contribution >= 0.6 is 0 Å². The summed E-state index contributed by atoms with van der Waals surface area (Å²) in [5.74, 6) is 0.637. The fourth-order valence-electron chi connectivity index (χ4n) is 2.90. The van der Waals surface area contributed by atoms with E-state index >= 15 is 0 Å². The van der Waals surface area contributed by atoms with Crippen molar-refractivity contribution >= 4 is 5.91 Å². The molecule has 20 heavy (non-hydrogen) atoms. The van der Waals surface area contributed by atoms with Crippen molar-refractivity contribution in [2.75, 3.05) is 26.2 Å². The monoisotopic (exact) mass is 283 g/mol. The van der Waals surface area contributed by atoms with Crippen molar-refractivity contribution in [1.29, 1.82) is 0 Å². The molecule has 0 aliphatic carbocycles. The van der Waals surface area contributed by atoms with E-state index in [0.717, 1.165) is 38.3 Å². The highest BCUT2D eigenvalue weighted by Crippen LogP contribution is 2.18. The molecule has 0 radical (unpaired) electrons. The Labute approximate surface area is 124 Å². The molecule has 0 spiro atoms. The second kappa shape index (κ2) is 8.63. The summed E-state index contributed by atoms with van der Waals surface area (Å²) in [7, 11) is 0. The summed E-state index contributed by atoms with van der Waals surface area (Å²) in [5, 5.41) is 3.31. The molecular formula is C16H33N3O. The third kappa shape index (κ3) is 5.80. The highest BCUT2D eigenvalue weighted by atomic mass is 16.1. The lowest BCUT2D eigenvalue weighted by Gasteiger charge is -2.29. The second-order valence-electron chi connectivity index (χ2n) is 6.60. The Morgan fingerprint density at radius 2 is 2.15 bits per heavy atom. The van der Waals surface area contributed by atoms with Gasteiger partial charge < -0.3 is 16.0 Å². The van der Waals surface area contributed by atoms with Gasteiger partial charge in [0.1, 0.15) is 0 Å². The number of nitrogens with two attached hydrogens (primary N) is 1. The van der Waals surface area contributed by atoms with Gasteiger partial charge in [0.05, 0.1) is 5.54 Å². The maximum atomic E-state index is 11.7. The fraction of sp³-hybridized carbons (Fsp3) is 0.938. The molecule has 0 bridgehead atoms. The van der Waals surface area contributed by atoms with Crippen LogP contribution in [0.5, 0.6) is 0 Å². The molecule has 4 heteroatoms. The summed E-state index contributed by atoms with van der Waals surface area (Å²) in [5.41, 5.74) is 5.01. The highest BCUT2D eigenvalue weighted by molar-refractivity contribution is 5.84. The lowest BCUT2D eigenvalue weighted by atomic mass is 9.94. The molecule has 0 aromatic carbocycles. The zero-order chi connectivity index (χ0) is 15.0. The van der Waals surface area contributed by atoms with Crippen LogP contribution in [0.25, 0.3) is 0 Å². The van der Waals surface area contributed by atoms with E-state index in [-0.39, 0.29) is 5.91 Å². The van der Waals surface area contributed by atoms with E-state index < -0.39 is 5.54 Å². The number of amides is 1. The third-order valence-electron chi connectivity index (χ3n) is 4.57. The Bertz CT molecular complexity index is 295. The van der Waals surface area contributed by atoms with Crippen LogP contribution in [0.2, 0.25) is 0 Å². The van der Waals surface area contributed by atoms with Crippen LogP contribution in [0.1, 0.15) is 59.3 Å². The van der Waals surface area contributed by atoms with Gasteiger partial charge in [-0.2, -0.15) is 0 Å². The SMILES string of the molecule is CCCNC(C)(CCCN1CCCC(C)CC1)C(N)=O. The molecule has 1 fully saturated rings. The molecular weight excluding hydrogens is 250 g/mol. The Morgan fingerprint density at radius 3 is 2.80 bits per heavy atom. The molecule has 1 heterocycles. The van der Waals surface area contributed by atoms with Crippen molar-refractivity contribution < 1.29 is 4.79 Å². The van der Waals surface area contributed by atoms with Gasteiger partial charge in [-0.3, -0.25) is 4.79 Å². The summed E-state index contributed by atoms with van der Waals surface area (Å²) < 4.78 is 0. The van der Waals surface area contributed by atoms with Crippen molar-refractivity contribution in [2.45, 2.75) is 64.8 Å². The molecule has 1 amide bonds. The first-order valence-electron chi connectivity index (χ1n) is 8.25. The topological polar surface area (TPSA) is 58.4 Å². The number of carbonyl (C=O) groups excluding carboxylic acids is 1. The summed E-state index contributed by atoms with van der Waals surface area (Å²) in [6.07, 6.45) is 6.85. The highest BCUT2D eigenvalue weighted by Gasteiger charge is 2.29. The number of likely N-dealkylation sites (tertiary alicyclic amines) is 1. The van der Waals surface area contributed by atoms with Gasteiger partial charge in [0.15, 0.2) is 0 Å². The first-order chi connectivity index (χ1) is 9.48. The van der Waals surface area contributed by atoms with Crippen molar-refractivity contribution in [2.24, 2.45) is 11.7 Å². The molecule has 0 aromatic rings. The number of primary amides is 1. The average molecular weight is 283 g/mol. The summed E-state index contributed by atoms with van der Waals surface area (Å²) >= 11 is 0. The van der Waals surface area contributed by atoms with Crippen LogP contribution in [0.15, 0.2) is 0 Å². The van der Waals surface area contributed by atoms with Crippen LogP contribution in [0.3, 0.4) is 0 Å². The largest absolute Gasteiger partial charge is 0.368 e. The van der Waals surface area contributed by atoms with Gasteiger partial charge in [-0.25, -0.2) is 0 Å².